The Balaban J connectivity index is 1.46. The Kier molecular flexibility index (Phi) is 10.3. The first-order valence-corrected chi connectivity index (χ1v) is 14.3. The van der Waals surface area contributed by atoms with Gasteiger partial charge >= 0.3 is 0 Å². The van der Waals surface area contributed by atoms with Crippen LogP contribution in [0.1, 0.15) is 49.3 Å². The number of nitrogens with zero attached hydrogens (tertiary/aromatic N) is 3. The summed E-state index contributed by atoms with van der Waals surface area (Å²) in [4.78, 5) is 7.37. The number of rotatable bonds is 10. The van der Waals surface area contributed by atoms with Gasteiger partial charge in [-0.1, -0.05) is 43.1 Å². The van der Waals surface area contributed by atoms with Crippen LogP contribution in [-0.2, 0) is 17.7 Å². The second kappa shape index (κ2) is 13.6. The number of fused-ring (bicyclic) bond motifs is 1. The van der Waals surface area contributed by atoms with Crippen molar-refractivity contribution in [3.63, 3.8) is 0 Å². The van der Waals surface area contributed by atoms with Gasteiger partial charge in [-0.2, -0.15) is 0 Å². The highest BCUT2D eigenvalue weighted by Crippen LogP contribution is 2.29. The first kappa shape index (κ1) is 27.2. The van der Waals surface area contributed by atoms with Gasteiger partial charge in [-0.25, -0.2) is 0 Å². The number of morpholine rings is 1. The zero-order chi connectivity index (χ0) is 25.3. The fraction of sp³-hybridized carbons (Fsp3) is 0.552. The molecule has 1 saturated heterocycles. The SMILES string of the molecule is CCCCN1CCCc2cc(CN(CCCN3CCOCC3)C(=S)Nc3cccc(Cl)c3C)ccc21. The topological polar surface area (TPSA) is 31.0 Å². The third-order valence-electron chi connectivity index (χ3n) is 7.32. The van der Waals surface area contributed by atoms with E-state index in [4.69, 9.17) is 28.6 Å². The van der Waals surface area contributed by atoms with Gasteiger partial charge in [0.15, 0.2) is 5.11 Å². The third kappa shape index (κ3) is 7.34. The highest BCUT2D eigenvalue weighted by atomic mass is 35.5. The highest BCUT2D eigenvalue weighted by molar-refractivity contribution is 7.80. The molecule has 0 aromatic heterocycles. The molecule has 0 amide bonds. The molecular formula is C29H41ClN4OS. The maximum atomic E-state index is 6.37. The Hall–Kier alpha value is -1.86. The molecule has 0 radical (unpaired) electrons. The van der Waals surface area contributed by atoms with Gasteiger partial charge in [0.25, 0.3) is 0 Å². The molecule has 1 N–H and O–H groups in total. The van der Waals surface area contributed by atoms with Crippen molar-refractivity contribution in [1.29, 1.82) is 0 Å². The zero-order valence-corrected chi connectivity index (χ0v) is 23.5. The predicted octanol–water partition coefficient (Wildman–Crippen LogP) is 6.12. The minimum absolute atomic E-state index is 0.754. The lowest BCUT2D eigenvalue weighted by Crippen LogP contribution is -2.40. The molecule has 196 valence electrons. The standard InChI is InChI=1S/C29H41ClN4OS/c1-3-4-14-33-15-6-8-25-21-24(11-12-28(25)33)22-34(16-7-13-32-17-19-35-20-18-32)29(36)31-27-10-5-9-26(30)23(27)2/h5,9-12,21H,3-4,6-8,13-20,22H2,1-2H3,(H,31,36). The number of nitrogens with one attached hydrogen (secondary N) is 1. The van der Waals surface area contributed by atoms with Crippen LogP contribution in [0.2, 0.25) is 5.02 Å². The summed E-state index contributed by atoms with van der Waals surface area (Å²) >= 11 is 12.3. The van der Waals surface area contributed by atoms with Crippen molar-refractivity contribution in [2.45, 2.75) is 52.5 Å². The molecule has 4 rings (SSSR count). The fourth-order valence-electron chi connectivity index (χ4n) is 5.13. The second-order valence-electron chi connectivity index (χ2n) is 9.98. The van der Waals surface area contributed by atoms with Crippen LogP contribution >= 0.6 is 23.8 Å². The van der Waals surface area contributed by atoms with Gasteiger partial charge in [-0.15, -0.1) is 0 Å². The summed E-state index contributed by atoms with van der Waals surface area (Å²) in [5.41, 5.74) is 6.23. The van der Waals surface area contributed by atoms with E-state index in [1.165, 1.54) is 42.6 Å². The molecular weight excluding hydrogens is 488 g/mol. The molecule has 2 aliphatic rings. The molecule has 36 heavy (non-hydrogen) atoms. The smallest absolute Gasteiger partial charge is 0.173 e. The molecule has 0 spiro atoms. The molecule has 0 atom stereocenters. The minimum atomic E-state index is 0.754. The molecule has 5 nitrogen and oxygen atoms in total. The molecule has 7 heteroatoms. The average Bonchev–Trinajstić information content (AvgIpc) is 2.90. The van der Waals surface area contributed by atoms with Crippen molar-refractivity contribution in [3.05, 3.63) is 58.1 Å². The van der Waals surface area contributed by atoms with E-state index in [-0.39, 0.29) is 0 Å². The van der Waals surface area contributed by atoms with Crippen molar-refractivity contribution in [3.8, 4) is 0 Å². The molecule has 0 unspecified atom stereocenters. The zero-order valence-electron chi connectivity index (χ0n) is 21.9. The fourth-order valence-corrected chi connectivity index (χ4v) is 5.57. The van der Waals surface area contributed by atoms with E-state index < -0.39 is 0 Å². The molecule has 1 fully saturated rings. The van der Waals surface area contributed by atoms with E-state index in [1.54, 1.807) is 0 Å². The van der Waals surface area contributed by atoms with E-state index in [1.807, 2.05) is 25.1 Å². The largest absolute Gasteiger partial charge is 0.379 e. The lowest BCUT2D eigenvalue weighted by atomic mass is 9.98. The summed E-state index contributed by atoms with van der Waals surface area (Å²) < 4.78 is 5.51. The van der Waals surface area contributed by atoms with Crippen LogP contribution in [0.15, 0.2) is 36.4 Å². The van der Waals surface area contributed by atoms with E-state index in [0.717, 1.165) is 86.7 Å². The van der Waals surface area contributed by atoms with Gasteiger partial charge in [0.2, 0.25) is 0 Å². The van der Waals surface area contributed by atoms with Crippen molar-refractivity contribution in [1.82, 2.24) is 9.80 Å². The Labute approximate surface area is 227 Å². The molecule has 0 saturated carbocycles. The maximum absolute atomic E-state index is 6.37. The number of hydrogen-bond acceptors (Lipinski definition) is 4. The van der Waals surface area contributed by atoms with Crippen LogP contribution < -0.4 is 10.2 Å². The molecule has 2 heterocycles. The summed E-state index contributed by atoms with van der Waals surface area (Å²) in [7, 11) is 0. The van der Waals surface area contributed by atoms with Crippen LogP contribution in [0.25, 0.3) is 0 Å². The van der Waals surface area contributed by atoms with Crippen molar-refractivity contribution in [2.75, 3.05) is 62.7 Å². The minimum Gasteiger partial charge on any atom is -0.379 e. The first-order chi connectivity index (χ1) is 17.5. The Bertz CT molecular complexity index is 1010. The number of benzene rings is 2. The van der Waals surface area contributed by atoms with Gasteiger partial charge in [0.1, 0.15) is 0 Å². The Morgan fingerprint density at radius 1 is 1.11 bits per heavy atom. The Morgan fingerprint density at radius 3 is 2.75 bits per heavy atom. The summed E-state index contributed by atoms with van der Waals surface area (Å²) in [5, 5.41) is 4.99. The molecule has 0 bridgehead atoms. The highest BCUT2D eigenvalue weighted by Gasteiger charge is 2.19. The second-order valence-corrected chi connectivity index (χ2v) is 10.8. The van der Waals surface area contributed by atoms with E-state index >= 15 is 0 Å². The summed E-state index contributed by atoms with van der Waals surface area (Å²) in [6, 6.07) is 13.0. The number of aryl methyl sites for hydroxylation is 1. The monoisotopic (exact) mass is 528 g/mol. The molecule has 2 aromatic rings. The summed E-state index contributed by atoms with van der Waals surface area (Å²) in [5.74, 6) is 0. The number of halogens is 1. The van der Waals surface area contributed by atoms with E-state index in [2.05, 4.69) is 45.1 Å². The van der Waals surface area contributed by atoms with Gasteiger partial charge < -0.3 is 19.9 Å². The first-order valence-electron chi connectivity index (χ1n) is 13.5. The number of hydrogen-bond donors (Lipinski definition) is 1. The van der Waals surface area contributed by atoms with Gasteiger partial charge in [-0.05, 0) is 79.7 Å². The van der Waals surface area contributed by atoms with Crippen LogP contribution in [-0.4, -0.2) is 67.4 Å². The number of anilines is 2. The normalized spacial score (nSPS) is 16.0. The van der Waals surface area contributed by atoms with E-state index in [9.17, 15) is 0 Å². The number of ether oxygens (including phenoxy) is 1. The Morgan fingerprint density at radius 2 is 1.94 bits per heavy atom. The molecule has 2 aromatic carbocycles. The number of unbranched alkanes of at least 4 members (excludes halogenated alkanes) is 1. The van der Waals surface area contributed by atoms with Crippen molar-refractivity contribution >= 4 is 40.3 Å². The van der Waals surface area contributed by atoms with Crippen LogP contribution in [0.3, 0.4) is 0 Å². The molecule has 2 aliphatic heterocycles. The van der Waals surface area contributed by atoms with Crippen LogP contribution in [0.4, 0.5) is 11.4 Å². The van der Waals surface area contributed by atoms with Gasteiger partial charge in [0, 0.05) is 62.2 Å². The van der Waals surface area contributed by atoms with Crippen LogP contribution in [0, 0.1) is 6.92 Å². The quantitative estimate of drug-likeness (QED) is 0.374. The van der Waals surface area contributed by atoms with Crippen molar-refractivity contribution < 1.29 is 4.74 Å². The predicted molar refractivity (Wildman–Crippen MR) is 157 cm³/mol. The lowest BCUT2D eigenvalue weighted by molar-refractivity contribution is 0.0368. The summed E-state index contributed by atoms with van der Waals surface area (Å²) in [6.07, 6.45) is 5.94. The van der Waals surface area contributed by atoms with Crippen LogP contribution in [0.5, 0.6) is 0 Å². The van der Waals surface area contributed by atoms with Crippen molar-refractivity contribution in [2.24, 2.45) is 0 Å². The number of thiocarbonyl (C=S) groups is 1. The third-order valence-corrected chi connectivity index (χ3v) is 8.09. The maximum Gasteiger partial charge on any atom is 0.173 e. The van der Waals surface area contributed by atoms with Gasteiger partial charge in [0.05, 0.1) is 13.2 Å². The summed E-state index contributed by atoms with van der Waals surface area (Å²) in [6.45, 7) is 13.1. The lowest BCUT2D eigenvalue weighted by Gasteiger charge is -2.33. The average molecular weight is 529 g/mol. The van der Waals surface area contributed by atoms with Gasteiger partial charge in [-0.3, -0.25) is 4.90 Å². The van der Waals surface area contributed by atoms with E-state index in [0.29, 0.717) is 0 Å². The molecule has 0 aliphatic carbocycles.